The number of rotatable bonds is 2. The molecule has 0 saturated carbocycles. The van der Waals surface area contributed by atoms with Crippen LogP contribution in [0.25, 0.3) is 0 Å². The van der Waals surface area contributed by atoms with E-state index in [-0.39, 0.29) is 0 Å². The van der Waals surface area contributed by atoms with Gasteiger partial charge < -0.3 is 10.2 Å². The molecule has 2 rings (SSSR count). The van der Waals surface area contributed by atoms with E-state index in [1.807, 2.05) is 13.0 Å². The summed E-state index contributed by atoms with van der Waals surface area (Å²) in [6.45, 7) is 4.18. The van der Waals surface area contributed by atoms with Crippen molar-refractivity contribution >= 4 is 5.82 Å². The second kappa shape index (κ2) is 3.34. The topological polar surface area (TPSA) is 28.2 Å². The van der Waals surface area contributed by atoms with Gasteiger partial charge in [0.2, 0.25) is 0 Å². The first kappa shape index (κ1) is 8.51. The van der Waals surface area contributed by atoms with Crippen LogP contribution in [-0.2, 0) is 0 Å². The monoisotopic (exact) mass is 177 g/mol. The third-order valence-electron chi connectivity index (χ3n) is 2.54. The van der Waals surface area contributed by atoms with Gasteiger partial charge >= 0.3 is 0 Å². The Morgan fingerprint density at radius 1 is 1.46 bits per heavy atom. The van der Waals surface area contributed by atoms with Crippen molar-refractivity contribution in [2.45, 2.75) is 13.0 Å². The highest BCUT2D eigenvalue weighted by Gasteiger charge is 2.22. The van der Waals surface area contributed by atoms with Crippen LogP contribution in [0.5, 0.6) is 0 Å². The number of hydrogen-bond donors (Lipinski definition) is 1. The Kier molecular flexibility index (Phi) is 2.19. The summed E-state index contributed by atoms with van der Waals surface area (Å²) in [5.41, 5.74) is 1.08. The number of likely N-dealkylation sites (N-methyl/N-ethyl adjacent to an activating group) is 1. The predicted octanol–water partition coefficient (Wildman–Crippen LogP) is 0.798. The summed E-state index contributed by atoms with van der Waals surface area (Å²) in [7, 11) is 2.10. The molecule has 0 atom stereocenters. The van der Waals surface area contributed by atoms with Crippen LogP contribution in [0.2, 0.25) is 0 Å². The maximum Gasteiger partial charge on any atom is 0.128 e. The van der Waals surface area contributed by atoms with Crippen molar-refractivity contribution in [3.8, 4) is 0 Å². The van der Waals surface area contributed by atoms with Gasteiger partial charge in [-0.15, -0.1) is 0 Å². The highest BCUT2D eigenvalue weighted by molar-refractivity contribution is 5.40. The Balaban J connectivity index is 2.14. The molecule has 0 unspecified atom stereocenters. The van der Waals surface area contributed by atoms with Crippen molar-refractivity contribution in [1.82, 2.24) is 10.3 Å². The van der Waals surface area contributed by atoms with Crippen molar-refractivity contribution in [2.75, 3.05) is 25.0 Å². The molecule has 1 aliphatic heterocycles. The molecule has 0 amide bonds. The lowest BCUT2D eigenvalue weighted by molar-refractivity contribution is 0.426. The van der Waals surface area contributed by atoms with Gasteiger partial charge in [-0.2, -0.15) is 0 Å². The van der Waals surface area contributed by atoms with E-state index in [0.717, 1.165) is 24.6 Å². The van der Waals surface area contributed by atoms with Crippen LogP contribution < -0.4 is 10.2 Å². The van der Waals surface area contributed by atoms with E-state index in [9.17, 15) is 0 Å². The van der Waals surface area contributed by atoms with Crippen molar-refractivity contribution in [3.63, 3.8) is 0 Å². The molecule has 3 heteroatoms. The van der Waals surface area contributed by atoms with Gasteiger partial charge in [-0.1, -0.05) is 6.07 Å². The van der Waals surface area contributed by atoms with Gasteiger partial charge in [-0.3, -0.25) is 0 Å². The second-order valence-electron chi connectivity index (χ2n) is 3.56. The molecule has 0 aromatic carbocycles. The second-order valence-corrected chi connectivity index (χ2v) is 3.56. The largest absolute Gasteiger partial charge is 0.354 e. The summed E-state index contributed by atoms with van der Waals surface area (Å²) in [5, 5.41) is 3.26. The fourth-order valence-corrected chi connectivity index (χ4v) is 1.46. The quantitative estimate of drug-likeness (QED) is 0.724. The Morgan fingerprint density at radius 2 is 2.23 bits per heavy atom. The molecule has 1 fully saturated rings. The molecule has 0 aliphatic carbocycles. The molecule has 3 nitrogen and oxygen atoms in total. The maximum absolute atomic E-state index is 4.47. The number of nitrogens with one attached hydrogen (secondary N) is 1. The summed E-state index contributed by atoms with van der Waals surface area (Å²) in [5.74, 6) is 1.08. The first-order valence-corrected chi connectivity index (χ1v) is 4.64. The van der Waals surface area contributed by atoms with Gasteiger partial charge in [-0.25, -0.2) is 4.98 Å². The molecule has 1 saturated heterocycles. The van der Waals surface area contributed by atoms with Gasteiger partial charge in [0.25, 0.3) is 0 Å². The Labute approximate surface area is 78.8 Å². The number of hydrogen-bond acceptors (Lipinski definition) is 3. The first-order valence-electron chi connectivity index (χ1n) is 4.64. The van der Waals surface area contributed by atoms with Crippen LogP contribution in [-0.4, -0.2) is 31.2 Å². The molecule has 13 heavy (non-hydrogen) atoms. The van der Waals surface area contributed by atoms with E-state index in [0.29, 0.717) is 6.04 Å². The highest BCUT2D eigenvalue weighted by atomic mass is 15.2. The summed E-state index contributed by atoms with van der Waals surface area (Å²) in [4.78, 5) is 6.71. The van der Waals surface area contributed by atoms with Crippen LogP contribution in [0.15, 0.2) is 18.2 Å². The lowest BCUT2D eigenvalue weighted by Gasteiger charge is -2.36. The van der Waals surface area contributed by atoms with Crippen LogP contribution in [0.4, 0.5) is 5.82 Å². The number of aryl methyl sites for hydroxylation is 1. The van der Waals surface area contributed by atoms with Crippen LogP contribution in [0, 0.1) is 6.92 Å². The van der Waals surface area contributed by atoms with Gasteiger partial charge in [0.15, 0.2) is 0 Å². The molecule has 2 heterocycles. The number of anilines is 1. The van der Waals surface area contributed by atoms with E-state index in [1.165, 1.54) is 0 Å². The smallest absolute Gasteiger partial charge is 0.128 e. The molecule has 1 N–H and O–H groups in total. The average Bonchev–Trinajstić information content (AvgIpc) is 2.01. The maximum atomic E-state index is 4.47. The molecule has 70 valence electrons. The van der Waals surface area contributed by atoms with Crippen molar-refractivity contribution in [1.29, 1.82) is 0 Å². The number of nitrogens with zero attached hydrogens (tertiary/aromatic N) is 2. The molecule has 0 radical (unpaired) electrons. The predicted molar refractivity (Wildman–Crippen MR) is 54.0 cm³/mol. The van der Waals surface area contributed by atoms with Gasteiger partial charge in [-0.05, 0) is 19.1 Å². The molecule has 1 aliphatic rings. The minimum atomic E-state index is 0.620. The molecular weight excluding hydrogens is 162 g/mol. The minimum Gasteiger partial charge on any atom is -0.354 e. The fourth-order valence-electron chi connectivity index (χ4n) is 1.46. The Bertz CT molecular complexity index is 294. The molecule has 0 spiro atoms. The van der Waals surface area contributed by atoms with E-state index in [1.54, 1.807) is 0 Å². The summed E-state index contributed by atoms with van der Waals surface area (Å²) in [6, 6.07) is 6.76. The Hall–Kier alpha value is -1.09. The lowest BCUT2D eigenvalue weighted by Crippen LogP contribution is -2.56. The van der Waals surface area contributed by atoms with Crippen molar-refractivity contribution in [3.05, 3.63) is 23.9 Å². The van der Waals surface area contributed by atoms with Gasteiger partial charge in [0, 0.05) is 25.8 Å². The van der Waals surface area contributed by atoms with E-state index in [2.05, 4.69) is 34.4 Å². The zero-order valence-corrected chi connectivity index (χ0v) is 8.12. The minimum absolute atomic E-state index is 0.620. The van der Waals surface area contributed by atoms with Gasteiger partial charge in [0.05, 0.1) is 6.04 Å². The third kappa shape index (κ3) is 1.65. The molecule has 1 aromatic heterocycles. The van der Waals surface area contributed by atoms with Crippen LogP contribution in [0.1, 0.15) is 5.69 Å². The lowest BCUT2D eigenvalue weighted by atomic mass is 10.1. The summed E-state index contributed by atoms with van der Waals surface area (Å²) < 4.78 is 0. The number of aromatic nitrogens is 1. The van der Waals surface area contributed by atoms with E-state index < -0.39 is 0 Å². The molecule has 1 aromatic rings. The molecule has 0 bridgehead atoms. The van der Waals surface area contributed by atoms with E-state index in [4.69, 9.17) is 0 Å². The van der Waals surface area contributed by atoms with Crippen LogP contribution >= 0.6 is 0 Å². The molecular formula is C10H15N3. The highest BCUT2D eigenvalue weighted by Crippen LogP contribution is 2.14. The average molecular weight is 177 g/mol. The standard InChI is InChI=1S/C10H15N3/c1-8-4-3-5-10(12-8)13(2)9-6-11-7-9/h3-5,9,11H,6-7H2,1-2H3. The fraction of sp³-hybridized carbons (Fsp3) is 0.500. The third-order valence-corrected chi connectivity index (χ3v) is 2.54. The first-order chi connectivity index (χ1) is 6.27. The SMILES string of the molecule is Cc1cccc(N(C)C2CNC2)n1. The van der Waals surface area contributed by atoms with Crippen LogP contribution in [0.3, 0.4) is 0 Å². The number of pyridine rings is 1. The summed E-state index contributed by atoms with van der Waals surface area (Å²) >= 11 is 0. The van der Waals surface area contributed by atoms with Gasteiger partial charge in [0.1, 0.15) is 5.82 Å². The van der Waals surface area contributed by atoms with Crippen molar-refractivity contribution in [2.24, 2.45) is 0 Å². The van der Waals surface area contributed by atoms with E-state index >= 15 is 0 Å². The zero-order chi connectivity index (χ0) is 9.26. The summed E-state index contributed by atoms with van der Waals surface area (Å²) in [6.07, 6.45) is 0. The zero-order valence-electron chi connectivity index (χ0n) is 8.12. The normalized spacial score (nSPS) is 16.8. The Morgan fingerprint density at radius 3 is 2.77 bits per heavy atom. The van der Waals surface area contributed by atoms with Crippen molar-refractivity contribution < 1.29 is 0 Å².